The second-order valence-corrected chi connectivity index (χ2v) is 6.16. The molecule has 2 amide bonds. The highest BCUT2D eigenvalue weighted by atomic mass is 16.5. The van der Waals surface area contributed by atoms with Gasteiger partial charge in [-0.3, -0.25) is 4.79 Å². The Kier molecular flexibility index (Phi) is 7.25. The van der Waals surface area contributed by atoms with Crippen molar-refractivity contribution in [3.05, 3.63) is 35.9 Å². The molecule has 1 saturated carbocycles. The summed E-state index contributed by atoms with van der Waals surface area (Å²) in [6.07, 6.45) is 2.72. The fourth-order valence-corrected chi connectivity index (χ4v) is 2.33. The SMILES string of the molecule is O=C(NCCCC[C@H](NC(=O)C1CC1)C(=O)O)OCc1ccccc1. The van der Waals surface area contributed by atoms with Crippen molar-refractivity contribution in [1.29, 1.82) is 0 Å². The van der Waals surface area contributed by atoms with Crippen molar-refractivity contribution in [2.24, 2.45) is 5.92 Å². The minimum absolute atomic E-state index is 0.0112. The molecule has 1 atom stereocenters. The maximum Gasteiger partial charge on any atom is 0.407 e. The van der Waals surface area contributed by atoms with Gasteiger partial charge in [0.1, 0.15) is 12.6 Å². The molecule has 7 heteroatoms. The zero-order valence-electron chi connectivity index (χ0n) is 14.1. The standard InChI is InChI=1S/C18H24N2O5/c21-16(14-9-10-14)20-15(17(22)23)8-4-5-11-19-18(24)25-12-13-6-2-1-3-7-13/h1-3,6-7,14-15H,4-5,8-12H2,(H,19,24)(H,20,21)(H,22,23)/t15-/m0/s1. The zero-order valence-corrected chi connectivity index (χ0v) is 14.1. The van der Waals surface area contributed by atoms with Crippen molar-refractivity contribution in [2.45, 2.75) is 44.8 Å². The van der Waals surface area contributed by atoms with Crippen LogP contribution in [0.5, 0.6) is 0 Å². The molecule has 1 aliphatic carbocycles. The summed E-state index contributed by atoms with van der Waals surface area (Å²) in [5.74, 6) is -1.21. The van der Waals surface area contributed by atoms with E-state index in [9.17, 15) is 14.4 Å². The van der Waals surface area contributed by atoms with Crippen LogP contribution in [-0.2, 0) is 20.9 Å². The quantitative estimate of drug-likeness (QED) is 0.561. The number of hydrogen-bond acceptors (Lipinski definition) is 4. The van der Waals surface area contributed by atoms with Crippen LogP contribution < -0.4 is 10.6 Å². The number of benzene rings is 1. The van der Waals surface area contributed by atoms with E-state index in [1.807, 2.05) is 30.3 Å². The van der Waals surface area contributed by atoms with E-state index in [-0.39, 0.29) is 18.4 Å². The summed E-state index contributed by atoms with van der Waals surface area (Å²) in [5.41, 5.74) is 0.911. The third-order valence-electron chi connectivity index (χ3n) is 3.96. The van der Waals surface area contributed by atoms with Crippen molar-refractivity contribution in [3.63, 3.8) is 0 Å². The van der Waals surface area contributed by atoms with Gasteiger partial charge in [-0.05, 0) is 37.7 Å². The minimum Gasteiger partial charge on any atom is -0.480 e. The van der Waals surface area contributed by atoms with Gasteiger partial charge in [-0.25, -0.2) is 9.59 Å². The smallest absolute Gasteiger partial charge is 0.407 e. The van der Waals surface area contributed by atoms with Crippen LogP contribution in [-0.4, -0.2) is 35.7 Å². The maximum absolute atomic E-state index is 11.6. The van der Waals surface area contributed by atoms with Crippen LogP contribution >= 0.6 is 0 Å². The van der Waals surface area contributed by atoms with E-state index >= 15 is 0 Å². The lowest BCUT2D eigenvalue weighted by Crippen LogP contribution is -2.41. The highest BCUT2D eigenvalue weighted by Crippen LogP contribution is 2.29. The molecule has 0 unspecified atom stereocenters. The molecule has 0 saturated heterocycles. The molecule has 25 heavy (non-hydrogen) atoms. The Labute approximate surface area is 146 Å². The molecule has 0 aromatic heterocycles. The van der Waals surface area contributed by atoms with Crippen molar-refractivity contribution in [1.82, 2.24) is 10.6 Å². The van der Waals surface area contributed by atoms with Crippen molar-refractivity contribution in [2.75, 3.05) is 6.54 Å². The second-order valence-electron chi connectivity index (χ2n) is 6.16. The van der Waals surface area contributed by atoms with Gasteiger partial charge in [-0.15, -0.1) is 0 Å². The Bertz CT molecular complexity index is 586. The number of carbonyl (C=O) groups is 3. The number of carbonyl (C=O) groups excluding carboxylic acids is 2. The van der Waals surface area contributed by atoms with Crippen LogP contribution in [0.25, 0.3) is 0 Å². The van der Waals surface area contributed by atoms with Crippen molar-refractivity contribution < 1.29 is 24.2 Å². The van der Waals surface area contributed by atoms with Gasteiger partial charge in [0.25, 0.3) is 0 Å². The number of unbranched alkanes of at least 4 members (excludes halogenated alkanes) is 1. The summed E-state index contributed by atoms with van der Waals surface area (Å²) in [4.78, 5) is 34.4. The van der Waals surface area contributed by atoms with E-state index in [0.717, 1.165) is 18.4 Å². The van der Waals surface area contributed by atoms with E-state index < -0.39 is 18.1 Å². The van der Waals surface area contributed by atoms with Crippen LogP contribution in [0.15, 0.2) is 30.3 Å². The molecule has 1 aliphatic rings. The highest BCUT2D eigenvalue weighted by Gasteiger charge is 2.32. The van der Waals surface area contributed by atoms with E-state index in [1.165, 1.54) is 0 Å². The molecule has 2 rings (SSSR count). The molecule has 0 spiro atoms. The largest absolute Gasteiger partial charge is 0.480 e. The van der Waals surface area contributed by atoms with Gasteiger partial charge < -0.3 is 20.5 Å². The number of carboxylic acid groups (broad SMARTS) is 1. The van der Waals surface area contributed by atoms with E-state index in [0.29, 0.717) is 25.8 Å². The fraction of sp³-hybridized carbons (Fsp3) is 0.500. The van der Waals surface area contributed by atoms with E-state index in [1.54, 1.807) is 0 Å². The third kappa shape index (κ3) is 7.24. The molecular formula is C18H24N2O5. The molecule has 3 N–H and O–H groups in total. The average Bonchev–Trinajstić information content (AvgIpc) is 3.44. The molecule has 136 valence electrons. The van der Waals surface area contributed by atoms with Gasteiger partial charge in [0.15, 0.2) is 0 Å². The first-order valence-corrected chi connectivity index (χ1v) is 8.54. The predicted octanol–water partition coefficient (Wildman–Crippen LogP) is 2.06. The molecule has 1 aromatic carbocycles. The predicted molar refractivity (Wildman–Crippen MR) is 90.8 cm³/mol. The first-order valence-electron chi connectivity index (χ1n) is 8.54. The topological polar surface area (TPSA) is 105 Å². The number of alkyl carbamates (subject to hydrolysis) is 1. The Hall–Kier alpha value is -2.57. The van der Waals surface area contributed by atoms with Gasteiger partial charge in [0, 0.05) is 12.5 Å². The highest BCUT2D eigenvalue weighted by molar-refractivity contribution is 5.86. The lowest BCUT2D eigenvalue weighted by molar-refractivity contribution is -0.142. The zero-order chi connectivity index (χ0) is 18.1. The Morgan fingerprint density at radius 3 is 2.52 bits per heavy atom. The number of ether oxygens (including phenoxy) is 1. The third-order valence-corrected chi connectivity index (χ3v) is 3.96. The average molecular weight is 348 g/mol. The van der Waals surface area contributed by atoms with Gasteiger partial charge >= 0.3 is 12.1 Å². The molecule has 1 fully saturated rings. The Morgan fingerprint density at radius 2 is 1.88 bits per heavy atom. The van der Waals surface area contributed by atoms with Crippen LogP contribution in [0.4, 0.5) is 4.79 Å². The minimum atomic E-state index is -1.02. The van der Waals surface area contributed by atoms with Crippen molar-refractivity contribution >= 4 is 18.0 Å². The number of aliphatic carboxylic acids is 1. The van der Waals surface area contributed by atoms with Crippen LogP contribution in [0.1, 0.15) is 37.7 Å². The summed E-state index contributed by atoms with van der Waals surface area (Å²) < 4.78 is 5.08. The fourth-order valence-electron chi connectivity index (χ4n) is 2.33. The van der Waals surface area contributed by atoms with Gasteiger partial charge in [0.2, 0.25) is 5.91 Å². The first-order chi connectivity index (χ1) is 12.1. The van der Waals surface area contributed by atoms with Gasteiger partial charge in [-0.2, -0.15) is 0 Å². The number of amides is 2. The molecule has 1 aromatic rings. The molecule has 0 bridgehead atoms. The Balaban J connectivity index is 1.55. The Morgan fingerprint density at radius 1 is 1.16 bits per heavy atom. The number of nitrogens with one attached hydrogen (secondary N) is 2. The van der Waals surface area contributed by atoms with Crippen LogP contribution in [0.2, 0.25) is 0 Å². The summed E-state index contributed by atoms with van der Waals surface area (Å²) in [5, 5.41) is 14.3. The first kappa shape index (κ1) is 18.8. The lowest BCUT2D eigenvalue weighted by atomic mass is 10.1. The number of rotatable bonds is 10. The van der Waals surface area contributed by atoms with E-state index in [4.69, 9.17) is 9.84 Å². The molecule has 0 heterocycles. The second kappa shape index (κ2) is 9.66. The summed E-state index contributed by atoms with van der Waals surface area (Å²) >= 11 is 0. The summed E-state index contributed by atoms with van der Waals surface area (Å²) in [6.45, 7) is 0.609. The number of carboxylic acids is 1. The monoisotopic (exact) mass is 348 g/mol. The normalized spacial score (nSPS) is 14.4. The molecule has 0 aliphatic heterocycles. The maximum atomic E-state index is 11.6. The summed E-state index contributed by atoms with van der Waals surface area (Å²) in [7, 11) is 0. The van der Waals surface area contributed by atoms with Gasteiger partial charge in [0.05, 0.1) is 0 Å². The molecule has 0 radical (unpaired) electrons. The number of hydrogen-bond donors (Lipinski definition) is 3. The van der Waals surface area contributed by atoms with Crippen molar-refractivity contribution in [3.8, 4) is 0 Å². The lowest BCUT2D eigenvalue weighted by Gasteiger charge is -2.14. The summed E-state index contributed by atoms with van der Waals surface area (Å²) in [6, 6.07) is 8.51. The van der Waals surface area contributed by atoms with E-state index in [2.05, 4.69) is 10.6 Å². The molecule has 7 nitrogen and oxygen atoms in total. The van der Waals surface area contributed by atoms with Crippen LogP contribution in [0, 0.1) is 5.92 Å². The van der Waals surface area contributed by atoms with Crippen LogP contribution in [0.3, 0.4) is 0 Å². The molecular weight excluding hydrogens is 324 g/mol. The van der Waals surface area contributed by atoms with Gasteiger partial charge in [-0.1, -0.05) is 30.3 Å².